The van der Waals surface area contributed by atoms with Crippen LogP contribution in [0.3, 0.4) is 0 Å². The summed E-state index contributed by atoms with van der Waals surface area (Å²) in [6, 6.07) is 7.47. The van der Waals surface area contributed by atoms with Crippen LogP contribution < -0.4 is 10.2 Å². The fourth-order valence-corrected chi connectivity index (χ4v) is 3.12. The van der Waals surface area contributed by atoms with Gasteiger partial charge in [-0.25, -0.2) is 4.39 Å². The Morgan fingerprint density at radius 3 is 2.65 bits per heavy atom. The minimum atomic E-state index is -0.161. The zero-order chi connectivity index (χ0) is 13.8. The number of nitrogens with one attached hydrogen (secondary N) is 1. The predicted molar refractivity (Wildman–Crippen MR) is 78.6 cm³/mol. The summed E-state index contributed by atoms with van der Waals surface area (Å²) < 4.78 is 18.3. The maximum Gasteiger partial charge on any atom is 0.123 e. The van der Waals surface area contributed by atoms with Gasteiger partial charge in [-0.2, -0.15) is 0 Å². The van der Waals surface area contributed by atoms with Crippen LogP contribution in [0.25, 0.3) is 0 Å². The molecule has 0 bridgehead atoms. The van der Waals surface area contributed by atoms with Gasteiger partial charge in [-0.1, -0.05) is 0 Å². The van der Waals surface area contributed by atoms with Crippen LogP contribution in [0.15, 0.2) is 24.3 Å². The monoisotopic (exact) mass is 278 g/mol. The van der Waals surface area contributed by atoms with Crippen molar-refractivity contribution in [3.63, 3.8) is 0 Å². The standard InChI is InChI=1S/C16H23FN2O/c17-14-1-3-16(4-2-14)19-8-5-13(12-19)11-18-15-6-9-20-10-7-15/h1-4,13,15,18H,5-12H2/t13-/m0/s1. The topological polar surface area (TPSA) is 24.5 Å². The molecule has 3 nitrogen and oxygen atoms in total. The first-order chi connectivity index (χ1) is 9.81. The van der Waals surface area contributed by atoms with Gasteiger partial charge in [-0.05, 0) is 56.0 Å². The van der Waals surface area contributed by atoms with E-state index in [1.807, 2.05) is 12.1 Å². The van der Waals surface area contributed by atoms with E-state index in [2.05, 4.69) is 10.2 Å². The number of anilines is 1. The van der Waals surface area contributed by atoms with Gasteiger partial charge >= 0.3 is 0 Å². The van der Waals surface area contributed by atoms with Gasteiger partial charge in [0.2, 0.25) is 0 Å². The lowest BCUT2D eigenvalue weighted by molar-refractivity contribution is 0.0771. The van der Waals surface area contributed by atoms with Crippen molar-refractivity contribution in [3.8, 4) is 0 Å². The molecule has 0 aliphatic carbocycles. The fourth-order valence-electron chi connectivity index (χ4n) is 3.12. The Morgan fingerprint density at radius 2 is 1.90 bits per heavy atom. The lowest BCUT2D eigenvalue weighted by Crippen LogP contribution is -2.38. The second-order valence-corrected chi connectivity index (χ2v) is 5.87. The minimum absolute atomic E-state index is 0.161. The largest absolute Gasteiger partial charge is 0.381 e. The first-order valence-electron chi connectivity index (χ1n) is 7.63. The first kappa shape index (κ1) is 13.8. The van der Waals surface area contributed by atoms with Crippen molar-refractivity contribution < 1.29 is 9.13 Å². The average molecular weight is 278 g/mol. The van der Waals surface area contributed by atoms with Crippen LogP contribution in [0.4, 0.5) is 10.1 Å². The van der Waals surface area contributed by atoms with Gasteiger partial charge in [-0.3, -0.25) is 0 Å². The number of rotatable bonds is 4. The van der Waals surface area contributed by atoms with Gasteiger partial charge in [0.15, 0.2) is 0 Å². The third kappa shape index (κ3) is 3.49. The van der Waals surface area contributed by atoms with Gasteiger partial charge in [0, 0.05) is 38.0 Å². The fraction of sp³-hybridized carbons (Fsp3) is 0.625. The van der Waals surface area contributed by atoms with Crippen LogP contribution in [-0.2, 0) is 4.74 Å². The van der Waals surface area contributed by atoms with E-state index >= 15 is 0 Å². The van der Waals surface area contributed by atoms with Crippen LogP contribution >= 0.6 is 0 Å². The lowest BCUT2D eigenvalue weighted by atomic mass is 10.1. The molecule has 0 saturated carbocycles. The summed E-state index contributed by atoms with van der Waals surface area (Å²) >= 11 is 0. The molecule has 20 heavy (non-hydrogen) atoms. The molecule has 2 saturated heterocycles. The summed E-state index contributed by atoms with van der Waals surface area (Å²) in [6.07, 6.45) is 3.48. The van der Waals surface area contributed by atoms with Crippen molar-refractivity contribution in [2.24, 2.45) is 5.92 Å². The highest BCUT2D eigenvalue weighted by Gasteiger charge is 2.23. The molecule has 1 aromatic carbocycles. The third-order valence-corrected chi connectivity index (χ3v) is 4.39. The van der Waals surface area contributed by atoms with E-state index in [4.69, 9.17) is 4.74 Å². The van der Waals surface area contributed by atoms with Crippen molar-refractivity contribution in [1.29, 1.82) is 0 Å². The predicted octanol–water partition coefficient (Wildman–Crippen LogP) is 2.42. The quantitative estimate of drug-likeness (QED) is 0.915. The first-order valence-corrected chi connectivity index (χ1v) is 7.63. The Morgan fingerprint density at radius 1 is 1.15 bits per heavy atom. The number of ether oxygens (including phenoxy) is 1. The molecule has 2 aliphatic heterocycles. The van der Waals surface area contributed by atoms with E-state index in [1.165, 1.54) is 6.42 Å². The van der Waals surface area contributed by atoms with Crippen LogP contribution in [0.1, 0.15) is 19.3 Å². The summed E-state index contributed by atoms with van der Waals surface area (Å²) in [4.78, 5) is 2.36. The second-order valence-electron chi connectivity index (χ2n) is 5.87. The Bertz CT molecular complexity index is 417. The van der Waals surface area contributed by atoms with Crippen LogP contribution in [0, 0.1) is 11.7 Å². The summed E-state index contributed by atoms with van der Waals surface area (Å²) in [5.41, 5.74) is 1.14. The highest BCUT2D eigenvalue weighted by atomic mass is 19.1. The molecule has 2 fully saturated rings. The Balaban J connectivity index is 1.45. The van der Waals surface area contributed by atoms with Gasteiger partial charge < -0.3 is 15.0 Å². The Hall–Kier alpha value is -1.13. The number of benzene rings is 1. The number of hydrogen-bond acceptors (Lipinski definition) is 3. The molecule has 2 heterocycles. The second kappa shape index (κ2) is 6.55. The molecule has 2 aliphatic rings. The van der Waals surface area contributed by atoms with Gasteiger partial charge in [0.05, 0.1) is 0 Å². The highest BCUT2D eigenvalue weighted by Crippen LogP contribution is 2.23. The van der Waals surface area contributed by atoms with Crippen molar-refractivity contribution in [3.05, 3.63) is 30.1 Å². The number of hydrogen-bond donors (Lipinski definition) is 1. The summed E-state index contributed by atoms with van der Waals surface area (Å²) in [5.74, 6) is 0.536. The molecule has 0 unspecified atom stereocenters. The van der Waals surface area contributed by atoms with E-state index in [1.54, 1.807) is 12.1 Å². The molecule has 0 spiro atoms. The van der Waals surface area contributed by atoms with E-state index < -0.39 is 0 Å². The summed E-state index contributed by atoms with van der Waals surface area (Å²) in [5, 5.41) is 3.68. The normalized spacial score (nSPS) is 24.2. The molecule has 110 valence electrons. The van der Waals surface area contributed by atoms with Crippen molar-refractivity contribution >= 4 is 5.69 Å². The van der Waals surface area contributed by atoms with E-state index in [9.17, 15) is 4.39 Å². The van der Waals surface area contributed by atoms with Crippen molar-refractivity contribution in [1.82, 2.24) is 5.32 Å². The SMILES string of the molecule is Fc1ccc(N2CC[C@@H](CNC3CCOCC3)C2)cc1. The molecule has 1 aromatic rings. The minimum Gasteiger partial charge on any atom is -0.381 e. The molecule has 0 radical (unpaired) electrons. The lowest BCUT2D eigenvalue weighted by Gasteiger charge is -2.25. The van der Waals surface area contributed by atoms with Gasteiger partial charge in [0.1, 0.15) is 5.82 Å². The molecular weight excluding hydrogens is 255 g/mol. The molecule has 3 rings (SSSR count). The number of nitrogens with zero attached hydrogens (tertiary/aromatic N) is 1. The third-order valence-electron chi connectivity index (χ3n) is 4.39. The summed E-state index contributed by atoms with van der Waals surface area (Å²) in [6.45, 7) is 5.02. The van der Waals surface area contributed by atoms with Crippen LogP contribution in [0.5, 0.6) is 0 Å². The molecule has 1 N–H and O–H groups in total. The molecule has 0 amide bonds. The highest BCUT2D eigenvalue weighted by molar-refractivity contribution is 5.47. The zero-order valence-electron chi connectivity index (χ0n) is 11.9. The van der Waals surface area contributed by atoms with Gasteiger partial charge in [0.25, 0.3) is 0 Å². The molecular formula is C16H23FN2O. The van der Waals surface area contributed by atoms with Crippen molar-refractivity contribution in [2.75, 3.05) is 37.7 Å². The van der Waals surface area contributed by atoms with Crippen LogP contribution in [-0.4, -0.2) is 38.9 Å². The average Bonchev–Trinajstić information content (AvgIpc) is 2.96. The number of halogens is 1. The van der Waals surface area contributed by atoms with Gasteiger partial charge in [-0.15, -0.1) is 0 Å². The molecule has 0 aromatic heterocycles. The smallest absolute Gasteiger partial charge is 0.123 e. The van der Waals surface area contributed by atoms with Crippen molar-refractivity contribution in [2.45, 2.75) is 25.3 Å². The Kier molecular flexibility index (Phi) is 4.53. The van der Waals surface area contributed by atoms with E-state index in [0.717, 1.165) is 51.4 Å². The Labute approximate surface area is 120 Å². The van der Waals surface area contributed by atoms with E-state index in [0.29, 0.717) is 12.0 Å². The maximum absolute atomic E-state index is 12.9. The molecule has 1 atom stereocenters. The summed E-state index contributed by atoms with van der Waals surface area (Å²) in [7, 11) is 0. The van der Waals surface area contributed by atoms with Crippen LogP contribution in [0.2, 0.25) is 0 Å². The van der Waals surface area contributed by atoms with E-state index in [-0.39, 0.29) is 5.82 Å². The maximum atomic E-state index is 12.9. The zero-order valence-corrected chi connectivity index (χ0v) is 11.9. The molecule has 4 heteroatoms.